The van der Waals surface area contributed by atoms with Gasteiger partial charge in [-0.3, -0.25) is 9.78 Å². The van der Waals surface area contributed by atoms with Gasteiger partial charge in [0.1, 0.15) is 0 Å². The summed E-state index contributed by atoms with van der Waals surface area (Å²) >= 11 is 0. The molecule has 0 amide bonds. The van der Waals surface area contributed by atoms with Crippen molar-refractivity contribution in [3.63, 3.8) is 0 Å². The number of fused-ring (bicyclic) bond motifs is 1. The number of H-pyrrole nitrogens is 1. The number of hydrogen-bond donors (Lipinski definition) is 2. The van der Waals surface area contributed by atoms with Crippen LogP contribution in [-0.2, 0) is 0 Å². The van der Waals surface area contributed by atoms with Crippen molar-refractivity contribution in [2.75, 3.05) is 11.9 Å². The maximum Gasteiger partial charge on any atom is 0.260 e. The van der Waals surface area contributed by atoms with Gasteiger partial charge in [0.05, 0.1) is 10.9 Å². The molecule has 0 aliphatic carbocycles. The molecule has 82 valence electrons. The number of aryl methyl sites for hydroxylation is 1. The highest BCUT2D eigenvalue weighted by atomic mass is 16.1. The van der Waals surface area contributed by atoms with Crippen molar-refractivity contribution in [2.45, 2.75) is 6.92 Å². The minimum Gasteiger partial charge on any atom is -0.352 e. The Bertz CT molecular complexity index is 586. The molecule has 0 aliphatic rings. The first-order valence-corrected chi connectivity index (χ1v) is 5.06. The predicted molar refractivity (Wildman–Crippen MR) is 65.8 cm³/mol. The summed E-state index contributed by atoms with van der Waals surface area (Å²) in [5.74, 6) is 0.473. The number of aromatic amines is 1. The van der Waals surface area contributed by atoms with Crippen molar-refractivity contribution in [1.82, 2.24) is 9.97 Å². The molecule has 0 atom stereocenters. The molecule has 2 rings (SSSR count). The van der Waals surface area contributed by atoms with Crippen molar-refractivity contribution in [2.24, 2.45) is 0 Å². The van der Waals surface area contributed by atoms with Crippen LogP contribution in [0.3, 0.4) is 0 Å². The number of aromatic nitrogens is 2. The molecule has 0 radical (unpaired) electrons. The second kappa shape index (κ2) is 4.18. The lowest BCUT2D eigenvalue weighted by molar-refractivity contribution is 1.12. The van der Waals surface area contributed by atoms with E-state index in [1.54, 1.807) is 6.08 Å². The van der Waals surface area contributed by atoms with Gasteiger partial charge in [-0.2, -0.15) is 0 Å². The second-order valence-corrected chi connectivity index (χ2v) is 3.60. The number of benzene rings is 1. The van der Waals surface area contributed by atoms with E-state index < -0.39 is 0 Å². The average Bonchev–Trinajstić information content (AvgIpc) is 2.27. The summed E-state index contributed by atoms with van der Waals surface area (Å²) in [5, 5.41) is 3.57. The minimum atomic E-state index is -0.125. The maximum atomic E-state index is 11.8. The Morgan fingerprint density at radius 2 is 2.38 bits per heavy atom. The van der Waals surface area contributed by atoms with Gasteiger partial charge in [-0.05, 0) is 19.1 Å². The Morgan fingerprint density at radius 1 is 1.56 bits per heavy atom. The van der Waals surface area contributed by atoms with Crippen LogP contribution in [0.15, 0.2) is 35.6 Å². The van der Waals surface area contributed by atoms with Gasteiger partial charge in [0.15, 0.2) is 0 Å². The third kappa shape index (κ3) is 1.95. The van der Waals surface area contributed by atoms with Gasteiger partial charge in [0.25, 0.3) is 5.56 Å². The van der Waals surface area contributed by atoms with Crippen molar-refractivity contribution in [3.8, 4) is 0 Å². The predicted octanol–water partition coefficient (Wildman–Crippen LogP) is 1.83. The smallest absolute Gasteiger partial charge is 0.260 e. The van der Waals surface area contributed by atoms with E-state index in [9.17, 15) is 4.79 Å². The van der Waals surface area contributed by atoms with E-state index in [4.69, 9.17) is 0 Å². The van der Waals surface area contributed by atoms with Crippen LogP contribution in [0.4, 0.5) is 5.95 Å². The van der Waals surface area contributed by atoms with E-state index in [0.29, 0.717) is 23.4 Å². The summed E-state index contributed by atoms with van der Waals surface area (Å²) in [4.78, 5) is 18.7. The summed E-state index contributed by atoms with van der Waals surface area (Å²) in [7, 11) is 0. The topological polar surface area (TPSA) is 57.8 Å². The molecule has 1 aromatic heterocycles. The van der Waals surface area contributed by atoms with Crippen molar-refractivity contribution < 1.29 is 0 Å². The van der Waals surface area contributed by atoms with Gasteiger partial charge >= 0.3 is 0 Å². The first-order chi connectivity index (χ1) is 7.70. The standard InChI is InChI=1S/C12H13N3O/c1-3-6-13-12-14-10-5-4-8(2)7-9(10)11(16)15-12/h3-5,7H,1,6H2,2H3,(H2,13,14,15,16). The van der Waals surface area contributed by atoms with E-state index in [1.165, 1.54) is 0 Å². The maximum absolute atomic E-state index is 11.8. The van der Waals surface area contributed by atoms with Gasteiger partial charge in [-0.25, -0.2) is 4.98 Å². The molecule has 0 saturated heterocycles. The third-order valence-electron chi connectivity index (χ3n) is 2.27. The first kappa shape index (κ1) is 10.4. The van der Waals surface area contributed by atoms with Crippen LogP contribution in [0.2, 0.25) is 0 Å². The van der Waals surface area contributed by atoms with E-state index >= 15 is 0 Å². The summed E-state index contributed by atoms with van der Waals surface area (Å²) in [6, 6.07) is 5.61. The number of hydrogen-bond acceptors (Lipinski definition) is 3. The van der Waals surface area contributed by atoms with Crippen LogP contribution in [0.1, 0.15) is 5.56 Å². The number of nitrogens with zero attached hydrogens (tertiary/aromatic N) is 1. The van der Waals surface area contributed by atoms with Crippen molar-refractivity contribution >= 4 is 16.9 Å². The normalized spacial score (nSPS) is 10.3. The Hall–Kier alpha value is -2.10. The lowest BCUT2D eigenvalue weighted by atomic mass is 10.2. The average molecular weight is 215 g/mol. The highest BCUT2D eigenvalue weighted by Gasteiger charge is 2.02. The fraction of sp³-hybridized carbons (Fsp3) is 0.167. The monoisotopic (exact) mass is 215 g/mol. The molecule has 4 heteroatoms. The molecule has 2 N–H and O–H groups in total. The summed E-state index contributed by atoms with van der Waals surface area (Å²) in [6.07, 6.45) is 1.71. The van der Waals surface area contributed by atoms with Gasteiger partial charge in [-0.1, -0.05) is 17.7 Å². The fourth-order valence-corrected chi connectivity index (χ4v) is 1.51. The molecule has 0 bridgehead atoms. The zero-order valence-electron chi connectivity index (χ0n) is 9.08. The van der Waals surface area contributed by atoms with Crippen molar-refractivity contribution in [3.05, 3.63) is 46.8 Å². The first-order valence-electron chi connectivity index (χ1n) is 5.06. The molecule has 0 aliphatic heterocycles. The molecule has 1 heterocycles. The molecular weight excluding hydrogens is 202 g/mol. The quantitative estimate of drug-likeness (QED) is 0.768. The highest BCUT2D eigenvalue weighted by molar-refractivity contribution is 5.79. The number of rotatable bonds is 3. The molecule has 0 spiro atoms. The fourth-order valence-electron chi connectivity index (χ4n) is 1.51. The van der Waals surface area contributed by atoms with E-state index in [-0.39, 0.29) is 5.56 Å². The molecule has 0 saturated carbocycles. The summed E-state index contributed by atoms with van der Waals surface area (Å²) in [5.41, 5.74) is 1.62. The molecule has 16 heavy (non-hydrogen) atoms. The molecular formula is C12H13N3O. The van der Waals surface area contributed by atoms with Crippen molar-refractivity contribution in [1.29, 1.82) is 0 Å². The number of anilines is 1. The SMILES string of the molecule is C=CCNc1nc2ccc(C)cc2c(=O)[nH]1. The Kier molecular flexibility index (Phi) is 2.72. The second-order valence-electron chi connectivity index (χ2n) is 3.60. The zero-order valence-corrected chi connectivity index (χ0v) is 9.08. The molecule has 1 aromatic carbocycles. The van der Waals surface area contributed by atoms with E-state index in [0.717, 1.165) is 5.56 Å². The molecule has 2 aromatic rings. The molecule has 0 unspecified atom stereocenters. The van der Waals surface area contributed by atoms with Gasteiger partial charge in [-0.15, -0.1) is 6.58 Å². The molecule has 4 nitrogen and oxygen atoms in total. The van der Waals surface area contributed by atoms with Crippen LogP contribution in [-0.4, -0.2) is 16.5 Å². The summed E-state index contributed by atoms with van der Waals surface area (Å²) < 4.78 is 0. The lowest BCUT2D eigenvalue weighted by Crippen LogP contribution is -2.13. The Morgan fingerprint density at radius 3 is 3.12 bits per heavy atom. The van der Waals surface area contributed by atoms with Crippen LogP contribution >= 0.6 is 0 Å². The van der Waals surface area contributed by atoms with Gasteiger partial charge in [0.2, 0.25) is 5.95 Å². The zero-order chi connectivity index (χ0) is 11.5. The lowest BCUT2D eigenvalue weighted by Gasteiger charge is -2.04. The highest BCUT2D eigenvalue weighted by Crippen LogP contribution is 2.10. The van der Waals surface area contributed by atoms with Crippen LogP contribution in [0.25, 0.3) is 10.9 Å². The molecule has 0 fully saturated rings. The van der Waals surface area contributed by atoms with Crippen LogP contribution < -0.4 is 10.9 Å². The van der Waals surface area contributed by atoms with Crippen LogP contribution in [0, 0.1) is 6.92 Å². The van der Waals surface area contributed by atoms with Gasteiger partial charge < -0.3 is 5.32 Å². The Balaban J connectivity index is 2.55. The van der Waals surface area contributed by atoms with E-state index in [2.05, 4.69) is 21.9 Å². The largest absolute Gasteiger partial charge is 0.352 e. The Labute approximate surface area is 93.0 Å². The van der Waals surface area contributed by atoms with Crippen LogP contribution in [0.5, 0.6) is 0 Å². The summed E-state index contributed by atoms with van der Waals surface area (Å²) in [6.45, 7) is 6.11. The third-order valence-corrected chi connectivity index (χ3v) is 2.27. The van der Waals surface area contributed by atoms with E-state index in [1.807, 2.05) is 25.1 Å². The number of nitrogens with one attached hydrogen (secondary N) is 2. The minimum absolute atomic E-state index is 0.125. The van der Waals surface area contributed by atoms with Gasteiger partial charge in [0, 0.05) is 6.54 Å².